The molecule has 1 aromatic rings. The summed E-state index contributed by atoms with van der Waals surface area (Å²) in [6, 6.07) is 4.67. The number of amides is 1. The van der Waals surface area contributed by atoms with E-state index in [1.807, 2.05) is 0 Å². The zero-order valence-electron chi connectivity index (χ0n) is 10.3. The molecule has 0 aliphatic heterocycles. The van der Waals surface area contributed by atoms with Gasteiger partial charge in [-0.25, -0.2) is 4.79 Å². The first-order chi connectivity index (χ1) is 8.90. The molecule has 0 fully saturated rings. The van der Waals surface area contributed by atoms with Crippen LogP contribution >= 0.6 is 11.6 Å². The van der Waals surface area contributed by atoms with E-state index >= 15 is 0 Å². The van der Waals surface area contributed by atoms with Crippen molar-refractivity contribution in [3.8, 4) is 0 Å². The summed E-state index contributed by atoms with van der Waals surface area (Å²) in [5, 5.41) is 20.1. The van der Waals surface area contributed by atoms with E-state index in [4.69, 9.17) is 21.8 Å². The minimum absolute atomic E-state index is 0. The van der Waals surface area contributed by atoms with E-state index in [0.29, 0.717) is 5.02 Å². The van der Waals surface area contributed by atoms with Gasteiger partial charge in [0.1, 0.15) is 6.04 Å². The van der Waals surface area contributed by atoms with Crippen LogP contribution in [-0.2, 0) is 9.59 Å². The fourth-order valence-corrected chi connectivity index (χ4v) is 1.49. The zero-order chi connectivity index (χ0) is 14.4. The van der Waals surface area contributed by atoms with Gasteiger partial charge in [0.15, 0.2) is 0 Å². The minimum atomic E-state index is -1.27. The molecule has 1 aromatic carbocycles. The second-order valence-electron chi connectivity index (χ2n) is 3.80. The van der Waals surface area contributed by atoms with Crippen molar-refractivity contribution in [2.24, 2.45) is 0 Å². The Morgan fingerprint density at radius 1 is 1.15 bits per heavy atom. The van der Waals surface area contributed by atoms with Gasteiger partial charge in [-0.1, -0.05) is 11.6 Å². The van der Waals surface area contributed by atoms with Gasteiger partial charge >= 0.3 is 11.9 Å². The van der Waals surface area contributed by atoms with Crippen LogP contribution in [0.5, 0.6) is 0 Å². The highest BCUT2D eigenvalue weighted by molar-refractivity contribution is 6.30. The summed E-state index contributed by atoms with van der Waals surface area (Å²) >= 11 is 5.67. The van der Waals surface area contributed by atoms with Crippen LogP contribution in [0.4, 0.5) is 0 Å². The zero-order valence-corrected chi connectivity index (χ0v) is 11.1. The van der Waals surface area contributed by atoms with Gasteiger partial charge in [0, 0.05) is 17.0 Å². The molecule has 0 heterocycles. The lowest BCUT2D eigenvalue weighted by molar-refractivity contribution is -0.140. The molecule has 0 unspecified atom stereocenters. The summed E-state index contributed by atoms with van der Waals surface area (Å²) in [5.74, 6) is -2.98. The second kappa shape index (κ2) is 8.13. The van der Waals surface area contributed by atoms with E-state index in [-0.39, 0.29) is 23.9 Å². The number of carboxylic acid groups (broad SMARTS) is 2. The molecule has 5 N–H and O–H groups in total. The number of carbonyl (C=O) groups excluding carboxylic acids is 1. The highest BCUT2D eigenvalue weighted by atomic mass is 35.5. The molecule has 1 amide bonds. The average molecular weight is 304 g/mol. The van der Waals surface area contributed by atoms with E-state index in [2.05, 4.69) is 5.32 Å². The molecule has 0 saturated carbocycles. The molecule has 20 heavy (non-hydrogen) atoms. The Kier molecular flexibility index (Phi) is 7.27. The third-order valence-corrected chi connectivity index (χ3v) is 2.61. The maximum absolute atomic E-state index is 11.8. The quantitative estimate of drug-likeness (QED) is 0.705. The molecule has 0 radical (unpaired) electrons. The fraction of sp³-hybridized carbons (Fsp3) is 0.250. The Morgan fingerprint density at radius 3 is 2.15 bits per heavy atom. The first-order valence-electron chi connectivity index (χ1n) is 5.41. The first kappa shape index (κ1) is 17.9. The molecular weight excluding hydrogens is 290 g/mol. The molecule has 0 aromatic heterocycles. The van der Waals surface area contributed by atoms with Crippen molar-refractivity contribution in [3.05, 3.63) is 34.9 Å². The van der Waals surface area contributed by atoms with E-state index in [1.165, 1.54) is 24.3 Å². The van der Waals surface area contributed by atoms with E-state index in [0.717, 1.165) is 0 Å². The van der Waals surface area contributed by atoms with E-state index < -0.39 is 23.9 Å². The highest BCUT2D eigenvalue weighted by Crippen LogP contribution is 2.10. The maximum atomic E-state index is 11.8. The first-order valence-corrected chi connectivity index (χ1v) is 5.79. The standard InChI is InChI=1S/C12H12ClNO5.H2O/c13-8-3-1-7(2-4-8)11(17)14-9(12(18)19)5-6-10(15)16;/h1-4,9H,5-6H2,(H,14,17)(H,15,16)(H,18,19);1H2/t9-;/m0./s1. The van der Waals surface area contributed by atoms with Crippen LogP contribution in [0, 0.1) is 0 Å². The third-order valence-electron chi connectivity index (χ3n) is 2.36. The number of hydrogen-bond acceptors (Lipinski definition) is 3. The van der Waals surface area contributed by atoms with Gasteiger partial charge in [0.2, 0.25) is 0 Å². The van der Waals surface area contributed by atoms with Crippen LogP contribution in [0.25, 0.3) is 0 Å². The molecular formula is C12H14ClNO6. The van der Waals surface area contributed by atoms with E-state index in [9.17, 15) is 14.4 Å². The predicted molar refractivity (Wildman–Crippen MR) is 70.8 cm³/mol. The number of carboxylic acids is 2. The molecule has 0 bridgehead atoms. The Bertz CT molecular complexity index is 487. The van der Waals surface area contributed by atoms with Crippen molar-refractivity contribution in [2.75, 3.05) is 0 Å². The molecule has 8 heteroatoms. The lowest BCUT2D eigenvalue weighted by Crippen LogP contribution is -2.41. The maximum Gasteiger partial charge on any atom is 0.326 e. The monoisotopic (exact) mass is 303 g/mol. The molecule has 110 valence electrons. The molecule has 1 rings (SSSR count). The summed E-state index contributed by atoms with van der Waals surface area (Å²) in [7, 11) is 0. The molecule has 0 aliphatic rings. The van der Waals surface area contributed by atoms with Crippen LogP contribution in [0.3, 0.4) is 0 Å². The van der Waals surface area contributed by atoms with Crippen LogP contribution in [-0.4, -0.2) is 39.6 Å². The van der Waals surface area contributed by atoms with Gasteiger partial charge in [-0.3, -0.25) is 9.59 Å². The normalized spacial score (nSPS) is 11.1. The van der Waals surface area contributed by atoms with Crippen LogP contribution in [0.1, 0.15) is 23.2 Å². The SMILES string of the molecule is O.O=C(O)CC[C@H](NC(=O)c1ccc(Cl)cc1)C(=O)O. The lowest BCUT2D eigenvalue weighted by Gasteiger charge is -2.13. The summed E-state index contributed by atoms with van der Waals surface area (Å²) in [6.07, 6.45) is -0.512. The van der Waals surface area contributed by atoms with Crippen molar-refractivity contribution in [2.45, 2.75) is 18.9 Å². The van der Waals surface area contributed by atoms with Crippen molar-refractivity contribution < 1.29 is 30.1 Å². The number of benzene rings is 1. The third kappa shape index (κ3) is 5.68. The number of carbonyl (C=O) groups is 3. The Hall–Kier alpha value is -2.12. The number of aliphatic carboxylic acids is 2. The second-order valence-corrected chi connectivity index (χ2v) is 4.24. The van der Waals surface area contributed by atoms with E-state index in [1.54, 1.807) is 0 Å². The van der Waals surface area contributed by atoms with Crippen LogP contribution < -0.4 is 5.32 Å². The molecule has 7 nitrogen and oxygen atoms in total. The van der Waals surface area contributed by atoms with Gasteiger partial charge in [-0.05, 0) is 30.7 Å². The fourth-order valence-electron chi connectivity index (χ4n) is 1.37. The smallest absolute Gasteiger partial charge is 0.326 e. The van der Waals surface area contributed by atoms with Crippen molar-refractivity contribution >= 4 is 29.4 Å². The summed E-state index contributed by atoms with van der Waals surface area (Å²) in [4.78, 5) is 33.1. The molecule has 0 saturated heterocycles. The van der Waals surface area contributed by atoms with Crippen LogP contribution in [0.15, 0.2) is 24.3 Å². The number of hydrogen-bond donors (Lipinski definition) is 3. The van der Waals surface area contributed by atoms with Gasteiger partial charge in [-0.2, -0.15) is 0 Å². The van der Waals surface area contributed by atoms with Crippen LogP contribution in [0.2, 0.25) is 5.02 Å². The largest absolute Gasteiger partial charge is 0.481 e. The Balaban J connectivity index is 0.00000361. The van der Waals surface area contributed by atoms with Crippen molar-refractivity contribution in [1.29, 1.82) is 0 Å². The van der Waals surface area contributed by atoms with Gasteiger partial charge in [-0.15, -0.1) is 0 Å². The summed E-state index contributed by atoms with van der Waals surface area (Å²) < 4.78 is 0. The average Bonchev–Trinajstić information content (AvgIpc) is 2.34. The summed E-state index contributed by atoms with van der Waals surface area (Å²) in [5.41, 5.74) is 0.256. The van der Waals surface area contributed by atoms with Crippen molar-refractivity contribution in [3.63, 3.8) is 0 Å². The molecule has 0 aliphatic carbocycles. The number of halogens is 1. The molecule has 0 spiro atoms. The Labute approximate surface area is 119 Å². The Morgan fingerprint density at radius 2 is 1.70 bits per heavy atom. The number of rotatable bonds is 6. The summed E-state index contributed by atoms with van der Waals surface area (Å²) in [6.45, 7) is 0. The topological polar surface area (TPSA) is 135 Å². The minimum Gasteiger partial charge on any atom is -0.481 e. The predicted octanol–water partition coefficient (Wildman–Crippen LogP) is 0.563. The number of nitrogens with one attached hydrogen (secondary N) is 1. The van der Waals surface area contributed by atoms with Gasteiger partial charge < -0.3 is 21.0 Å². The highest BCUT2D eigenvalue weighted by Gasteiger charge is 2.21. The van der Waals surface area contributed by atoms with Crippen molar-refractivity contribution in [1.82, 2.24) is 5.32 Å². The molecule has 1 atom stereocenters. The van der Waals surface area contributed by atoms with Gasteiger partial charge in [0.25, 0.3) is 5.91 Å². The lowest BCUT2D eigenvalue weighted by atomic mass is 10.1. The van der Waals surface area contributed by atoms with Gasteiger partial charge in [0.05, 0.1) is 0 Å².